The Morgan fingerprint density at radius 1 is 1.00 bits per heavy atom. The number of hydrogen-bond acceptors (Lipinski definition) is 1. The van der Waals surface area contributed by atoms with E-state index in [0.717, 1.165) is 6.54 Å². The zero-order valence-electron chi connectivity index (χ0n) is 12.1. The van der Waals surface area contributed by atoms with Crippen molar-refractivity contribution < 1.29 is 0 Å². The molecule has 0 saturated heterocycles. The van der Waals surface area contributed by atoms with Gasteiger partial charge in [-0.3, -0.25) is 0 Å². The van der Waals surface area contributed by atoms with Gasteiger partial charge in [0.2, 0.25) is 0 Å². The average molecular weight is 264 g/mol. The summed E-state index contributed by atoms with van der Waals surface area (Å²) >= 11 is 0. The molecule has 0 spiro atoms. The molecule has 2 N–H and O–H groups in total. The Morgan fingerprint density at radius 3 is 2.65 bits per heavy atom. The van der Waals surface area contributed by atoms with Crippen LogP contribution in [0.5, 0.6) is 0 Å². The van der Waals surface area contributed by atoms with Crippen molar-refractivity contribution >= 4 is 10.9 Å². The van der Waals surface area contributed by atoms with Crippen LogP contribution in [-0.4, -0.2) is 4.57 Å². The number of fused-ring (bicyclic) bond motifs is 1. The van der Waals surface area contributed by atoms with E-state index in [2.05, 4.69) is 67.1 Å². The maximum Gasteiger partial charge on any atom is 0.0486 e. The third kappa shape index (κ3) is 2.23. The highest BCUT2D eigenvalue weighted by Gasteiger charge is 2.06. The minimum absolute atomic E-state index is 0.588. The van der Waals surface area contributed by atoms with Crippen molar-refractivity contribution in [2.24, 2.45) is 5.73 Å². The number of hydrogen-bond donors (Lipinski definition) is 1. The van der Waals surface area contributed by atoms with Crippen LogP contribution in [0.4, 0.5) is 0 Å². The minimum Gasteiger partial charge on any atom is -0.343 e. The third-order valence-corrected chi connectivity index (χ3v) is 3.97. The molecular weight excluding hydrogens is 244 g/mol. The van der Waals surface area contributed by atoms with Gasteiger partial charge in [-0.1, -0.05) is 35.9 Å². The number of benzene rings is 2. The van der Waals surface area contributed by atoms with E-state index < -0.39 is 0 Å². The Labute approximate surface area is 119 Å². The molecule has 3 aromatic rings. The fraction of sp³-hybridized carbons (Fsp3) is 0.222. The van der Waals surface area contributed by atoms with E-state index in [1.54, 1.807) is 0 Å². The lowest BCUT2D eigenvalue weighted by Gasteiger charge is -2.10. The van der Waals surface area contributed by atoms with Gasteiger partial charge in [-0.2, -0.15) is 0 Å². The maximum atomic E-state index is 5.81. The van der Waals surface area contributed by atoms with Crippen LogP contribution in [0.1, 0.15) is 22.3 Å². The molecule has 0 aliphatic heterocycles. The van der Waals surface area contributed by atoms with E-state index >= 15 is 0 Å². The van der Waals surface area contributed by atoms with Crippen LogP contribution in [0.3, 0.4) is 0 Å². The first kappa shape index (κ1) is 12.9. The Morgan fingerprint density at radius 2 is 1.85 bits per heavy atom. The van der Waals surface area contributed by atoms with E-state index in [-0.39, 0.29) is 0 Å². The summed E-state index contributed by atoms with van der Waals surface area (Å²) in [5.41, 5.74) is 12.3. The van der Waals surface area contributed by atoms with Crippen molar-refractivity contribution in [2.75, 3.05) is 0 Å². The molecule has 102 valence electrons. The van der Waals surface area contributed by atoms with Crippen LogP contribution in [-0.2, 0) is 13.1 Å². The lowest BCUT2D eigenvalue weighted by Crippen LogP contribution is -2.01. The van der Waals surface area contributed by atoms with Gasteiger partial charge in [0.05, 0.1) is 0 Å². The Kier molecular flexibility index (Phi) is 3.33. The lowest BCUT2D eigenvalue weighted by atomic mass is 10.1. The highest BCUT2D eigenvalue weighted by molar-refractivity contribution is 5.83. The number of rotatable bonds is 3. The number of nitrogens with zero attached hydrogens (tertiary/aromatic N) is 1. The number of nitrogens with two attached hydrogens (primary N) is 1. The van der Waals surface area contributed by atoms with Crippen molar-refractivity contribution in [1.29, 1.82) is 0 Å². The van der Waals surface area contributed by atoms with Crippen molar-refractivity contribution in [3.63, 3.8) is 0 Å². The van der Waals surface area contributed by atoms with Crippen molar-refractivity contribution in [3.8, 4) is 0 Å². The molecule has 0 fully saturated rings. The molecule has 3 rings (SSSR count). The summed E-state index contributed by atoms with van der Waals surface area (Å²) in [6, 6.07) is 15.2. The van der Waals surface area contributed by atoms with E-state index in [4.69, 9.17) is 5.73 Å². The first-order valence-electron chi connectivity index (χ1n) is 7.02. The topological polar surface area (TPSA) is 30.9 Å². The number of aryl methyl sites for hydroxylation is 2. The van der Waals surface area contributed by atoms with Crippen LogP contribution in [0.2, 0.25) is 0 Å². The molecule has 0 atom stereocenters. The standard InChI is InChI=1S/C18H20N2/c1-13-6-7-14(2)16(10-13)12-20-9-8-17-15(11-19)4-3-5-18(17)20/h3-10H,11-12,19H2,1-2H3. The van der Waals surface area contributed by atoms with Crippen molar-refractivity contribution in [2.45, 2.75) is 26.9 Å². The first-order chi connectivity index (χ1) is 9.69. The van der Waals surface area contributed by atoms with Gasteiger partial charge in [0.25, 0.3) is 0 Å². The normalized spacial score (nSPS) is 11.2. The van der Waals surface area contributed by atoms with Crippen molar-refractivity contribution in [1.82, 2.24) is 4.57 Å². The predicted octanol–water partition coefficient (Wildman–Crippen LogP) is 3.77. The van der Waals surface area contributed by atoms with Crippen LogP contribution in [0.25, 0.3) is 10.9 Å². The second kappa shape index (κ2) is 5.14. The smallest absolute Gasteiger partial charge is 0.0486 e. The van der Waals surface area contributed by atoms with E-state index in [1.807, 2.05) is 0 Å². The summed E-state index contributed by atoms with van der Waals surface area (Å²) in [5, 5.41) is 1.26. The van der Waals surface area contributed by atoms with Gasteiger partial charge < -0.3 is 10.3 Å². The lowest BCUT2D eigenvalue weighted by molar-refractivity contribution is 0.829. The summed E-state index contributed by atoms with van der Waals surface area (Å²) in [7, 11) is 0. The molecule has 1 aromatic heterocycles. The Balaban J connectivity index is 2.05. The zero-order valence-corrected chi connectivity index (χ0v) is 12.1. The molecule has 0 radical (unpaired) electrons. The Bertz CT molecular complexity index is 753. The quantitative estimate of drug-likeness (QED) is 0.767. The highest BCUT2D eigenvalue weighted by atomic mass is 14.9. The molecule has 0 unspecified atom stereocenters. The zero-order chi connectivity index (χ0) is 14.1. The summed E-state index contributed by atoms with van der Waals surface area (Å²) in [6.45, 7) is 5.81. The largest absolute Gasteiger partial charge is 0.343 e. The molecule has 2 heteroatoms. The number of aromatic nitrogens is 1. The van der Waals surface area contributed by atoms with Gasteiger partial charge in [-0.05, 0) is 42.7 Å². The van der Waals surface area contributed by atoms with Crippen LogP contribution < -0.4 is 5.73 Å². The van der Waals surface area contributed by atoms with Gasteiger partial charge in [-0.15, -0.1) is 0 Å². The summed E-state index contributed by atoms with van der Waals surface area (Å²) in [4.78, 5) is 0. The molecular formula is C18H20N2. The van der Waals surface area contributed by atoms with Gasteiger partial charge in [0.1, 0.15) is 0 Å². The summed E-state index contributed by atoms with van der Waals surface area (Å²) in [6.07, 6.45) is 2.16. The Hall–Kier alpha value is -2.06. The molecule has 2 nitrogen and oxygen atoms in total. The average Bonchev–Trinajstić information content (AvgIpc) is 2.86. The molecule has 0 saturated carbocycles. The van der Waals surface area contributed by atoms with Crippen LogP contribution in [0.15, 0.2) is 48.7 Å². The van der Waals surface area contributed by atoms with Gasteiger partial charge in [0.15, 0.2) is 0 Å². The summed E-state index contributed by atoms with van der Waals surface area (Å²) < 4.78 is 2.30. The van der Waals surface area contributed by atoms with E-state index in [9.17, 15) is 0 Å². The highest BCUT2D eigenvalue weighted by Crippen LogP contribution is 2.22. The van der Waals surface area contributed by atoms with Crippen LogP contribution >= 0.6 is 0 Å². The molecule has 0 bridgehead atoms. The van der Waals surface area contributed by atoms with Crippen molar-refractivity contribution in [3.05, 3.63) is 70.9 Å². The molecule has 20 heavy (non-hydrogen) atoms. The molecule has 1 heterocycles. The molecule has 0 amide bonds. The van der Waals surface area contributed by atoms with Gasteiger partial charge in [0, 0.05) is 30.2 Å². The molecule has 0 aliphatic rings. The SMILES string of the molecule is Cc1ccc(C)c(Cn2ccc3c(CN)cccc32)c1. The fourth-order valence-electron chi connectivity index (χ4n) is 2.76. The third-order valence-electron chi connectivity index (χ3n) is 3.97. The maximum absolute atomic E-state index is 5.81. The fourth-order valence-corrected chi connectivity index (χ4v) is 2.76. The molecule has 0 aliphatic carbocycles. The van der Waals surface area contributed by atoms with E-state index in [0.29, 0.717) is 6.54 Å². The predicted molar refractivity (Wildman–Crippen MR) is 84.8 cm³/mol. The molecule has 2 aromatic carbocycles. The second-order valence-corrected chi connectivity index (χ2v) is 5.43. The van der Waals surface area contributed by atoms with Gasteiger partial charge in [-0.25, -0.2) is 0 Å². The second-order valence-electron chi connectivity index (χ2n) is 5.43. The monoisotopic (exact) mass is 264 g/mol. The van der Waals surface area contributed by atoms with Gasteiger partial charge >= 0.3 is 0 Å². The van der Waals surface area contributed by atoms with E-state index in [1.165, 1.54) is 33.2 Å². The first-order valence-corrected chi connectivity index (χ1v) is 7.02. The minimum atomic E-state index is 0.588. The van der Waals surface area contributed by atoms with Crippen LogP contribution in [0, 0.1) is 13.8 Å². The summed E-state index contributed by atoms with van der Waals surface area (Å²) in [5.74, 6) is 0.